The summed E-state index contributed by atoms with van der Waals surface area (Å²) in [4.78, 5) is 25.9. The molecule has 1 aromatic carbocycles. The molecule has 6 heteroatoms. The van der Waals surface area contributed by atoms with Gasteiger partial charge in [-0.2, -0.15) is 5.10 Å². The molecule has 3 rings (SSSR count). The van der Waals surface area contributed by atoms with E-state index in [1.807, 2.05) is 26.0 Å². The lowest BCUT2D eigenvalue weighted by Gasteiger charge is -2.18. The highest BCUT2D eigenvalue weighted by Crippen LogP contribution is 2.35. The van der Waals surface area contributed by atoms with E-state index in [-0.39, 0.29) is 11.7 Å². The summed E-state index contributed by atoms with van der Waals surface area (Å²) in [5.74, 6) is -0.993. The summed E-state index contributed by atoms with van der Waals surface area (Å²) in [5, 5.41) is 7.98. The van der Waals surface area contributed by atoms with E-state index in [0.29, 0.717) is 16.9 Å². The lowest BCUT2D eigenvalue weighted by Crippen LogP contribution is -2.30. The molecule has 2 aromatic rings. The summed E-state index contributed by atoms with van der Waals surface area (Å²) >= 11 is 5.70. The third-order valence-electron chi connectivity index (χ3n) is 3.53. The van der Waals surface area contributed by atoms with Crippen LogP contribution in [0.25, 0.3) is 0 Å². The van der Waals surface area contributed by atoms with Crippen LogP contribution in [0.15, 0.2) is 24.3 Å². The van der Waals surface area contributed by atoms with Crippen molar-refractivity contribution >= 4 is 29.0 Å². The summed E-state index contributed by atoms with van der Waals surface area (Å²) < 4.78 is 0. The Labute approximate surface area is 126 Å². The second-order valence-electron chi connectivity index (χ2n) is 4.99. The first kappa shape index (κ1) is 13.7. The molecule has 2 heterocycles. The van der Waals surface area contributed by atoms with E-state index in [1.54, 1.807) is 12.1 Å². The highest BCUT2D eigenvalue weighted by atomic mass is 35.5. The van der Waals surface area contributed by atoms with E-state index in [0.717, 1.165) is 11.1 Å². The Morgan fingerprint density at radius 1 is 1.05 bits per heavy atom. The van der Waals surface area contributed by atoms with Gasteiger partial charge in [0.1, 0.15) is 0 Å². The molecule has 0 saturated heterocycles. The molecule has 0 spiro atoms. The molecule has 0 N–H and O–H groups in total. The summed E-state index contributed by atoms with van der Waals surface area (Å²) in [7, 11) is 0. The number of carbonyl (C=O) groups excluding carboxylic acids is 2. The van der Waals surface area contributed by atoms with Gasteiger partial charge in [-0.1, -0.05) is 23.7 Å². The molecule has 1 aliphatic heterocycles. The summed E-state index contributed by atoms with van der Waals surface area (Å²) in [6.45, 7) is 3.91. The Balaban J connectivity index is 2.05. The molecule has 0 unspecified atom stereocenters. The molecule has 5 nitrogen and oxygen atoms in total. The van der Waals surface area contributed by atoms with Crippen LogP contribution in [0.4, 0.5) is 5.69 Å². The number of hydrogen-bond donors (Lipinski definition) is 0. The molecule has 0 radical (unpaired) electrons. The van der Waals surface area contributed by atoms with Gasteiger partial charge in [-0.15, -0.1) is 5.10 Å². The van der Waals surface area contributed by atoms with E-state index < -0.39 is 11.7 Å². The number of rotatable bonds is 2. The number of nitrogens with zero attached hydrogens (tertiary/aromatic N) is 3. The van der Waals surface area contributed by atoms with Crippen molar-refractivity contribution in [3.8, 4) is 0 Å². The molecule has 0 bridgehead atoms. The molecule has 0 saturated carbocycles. The van der Waals surface area contributed by atoms with Crippen LogP contribution in [0.1, 0.15) is 27.2 Å². The van der Waals surface area contributed by atoms with Gasteiger partial charge in [-0.25, -0.2) is 0 Å². The number of carbonyl (C=O) groups is 2. The number of fused-ring (bicyclic) bond motifs is 1. The maximum absolute atomic E-state index is 12.2. The Bertz CT molecular complexity index is 756. The molecule has 106 valence electrons. The third-order valence-corrected chi connectivity index (χ3v) is 3.73. The average molecular weight is 302 g/mol. The maximum Gasteiger partial charge on any atom is 0.299 e. The standard InChI is InChI=1S/C15H12ClN3O2/c1-8-3-4-9(2)13-12(8)14(20)15(21)19(13)7-10-5-6-11(16)18-17-10/h3-6H,7H2,1-2H3. The van der Waals surface area contributed by atoms with Gasteiger partial charge < -0.3 is 0 Å². The Kier molecular flexibility index (Phi) is 3.22. The van der Waals surface area contributed by atoms with Gasteiger partial charge in [-0.05, 0) is 37.1 Å². The number of Topliss-reactive ketones (excluding diaryl/α,β-unsaturated/α-hetero) is 1. The molecular formula is C15H12ClN3O2. The molecule has 0 aliphatic carbocycles. The fraction of sp³-hybridized carbons (Fsp3) is 0.200. The lowest BCUT2D eigenvalue weighted by molar-refractivity contribution is -0.114. The molecule has 21 heavy (non-hydrogen) atoms. The van der Waals surface area contributed by atoms with Crippen LogP contribution in [-0.4, -0.2) is 21.9 Å². The van der Waals surface area contributed by atoms with Crippen LogP contribution < -0.4 is 4.90 Å². The minimum absolute atomic E-state index is 0.200. The summed E-state index contributed by atoms with van der Waals surface area (Å²) in [6, 6.07) is 7.05. The van der Waals surface area contributed by atoms with Gasteiger partial charge in [0.05, 0.1) is 23.5 Å². The van der Waals surface area contributed by atoms with Gasteiger partial charge in [0.25, 0.3) is 11.7 Å². The highest BCUT2D eigenvalue weighted by Gasteiger charge is 2.38. The topological polar surface area (TPSA) is 63.2 Å². The molecule has 0 atom stereocenters. The largest absolute Gasteiger partial charge is 0.299 e. The Morgan fingerprint density at radius 3 is 2.43 bits per heavy atom. The number of aromatic nitrogens is 2. The zero-order valence-electron chi connectivity index (χ0n) is 11.6. The van der Waals surface area contributed by atoms with Crippen molar-refractivity contribution in [1.82, 2.24) is 10.2 Å². The fourth-order valence-corrected chi connectivity index (χ4v) is 2.60. The fourth-order valence-electron chi connectivity index (χ4n) is 2.50. The van der Waals surface area contributed by atoms with Crippen molar-refractivity contribution in [2.75, 3.05) is 4.90 Å². The van der Waals surface area contributed by atoms with Crippen LogP contribution in [0, 0.1) is 13.8 Å². The van der Waals surface area contributed by atoms with Gasteiger partial charge in [0, 0.05) is 0 Å². The van der Waals surface area contributed by atoms with E-state index in [4.69, 9.17) is 11.6 Å². The van der Waals surface area contributed by atoms with Crippen LogP contribution in [0.5, 0.6) is 0 Å². The Morgan fingerprint density at radius 2 is 1.76 bits per heavy atom. The van der Waals surface area contributed by atoms with Crippen LogP contribution in [0.2, 0.25) is 5.15 Å². The second kappa shape index (κ2) is 4.93. The number of ketones is 1. The van der Waals surface area contributed by atoms with E-state index in [9.17, 15) is 9.59 Å². The number of benzene rings is 1. The first-order valence-electron chi connectivity index (χ1n) is 6.43. The minimum atomic E-state index is -0.529. The summed E-state index contributed by atoms with van der Waals surface area (Å²) in [5.41, 5.74) is 3.42. The molecule has 0 fully saturated rings. The van der Waals surface area contributed by atoms with E-state index in [1.165, 1.54) is 4.90 Å². The predicted octanol–water partition coefficient (Wildman–Crippen LogP) is 2.48. The van der Waals surface area contributed by atoms with Gasteiger partial charge in [-0.3, -0.25) is 14.5 Å². The first-order chi connectivity index (χ1) is 9.99. The van der Waals surface area contributed by atoms with Crippen molar-refractivity contribution < 1.29 is 9.59 Å². The molecule has 1 aliphatic rings. The van der Waals surface area contributed by atoms with Crippen molar-refractivity contribution in [2.45, 2.75) is 20.4 Å². The van der Waals surface area contributed by atoms with Gasteiger partial charge in [0.15, 0.2) is 5.15 Å². The van der Waals surface area contributed by atoms with Crippen molar-refractivity contribution in [3.63, 3.8) is 0 Å². The Hall–Kier alpha value is -2.27. The van der Waals surface area contributed by atoms with Crippen molar-refractivity contribution in [2.24, 2.45) is 0 Å². The number of anilines is 1. The van der Waals surface area contributed by atoms with Crippen LogP contribution in [0.3, 0.4) is 0 Å². The van der Waals surface area contributed by atoms with Crippen molar-refractivity contribution in [3.05, 3.63) is 51.8 Å². The zero-order chi connectivity index (χ0) is 15.1. The SMILES string of the molecule is Cc1ccc(C)c2c1C(=O)C(=O)N2Cc1ccc(Cl)nn1. The van der Waals surface area contributed by atoms with Crippen molar-refractivity contribution in [1.29, 1.82) is 0 Å². The average Bonchev–Trinajstić information content (AvgIpc) is 2.71. The number of hydrogen-bond acceptors (Lipinski definition) is 4. The lowest BCUT2D eigenvalue weighted by atomic mass is 10.0. The molecular weight excluding hydrogens is 290 g/mol. The number of aryl methyl sites for hydroxylation is 2. The van der Waals surface area contributed by atoms with E-state index in [2.05, 4.69) is 10.2 Å². The second-order valence-corrected chi connectivity index (χ2v) is 5.38. The van der Waals surface area contributed by atoms with E-state index >= 15 is 0 Å². The van der Waals surface area contributed by atoms with Gasteiger partial charge in [0.2, 0.25) is 0 Å². The number of amides is 1. The third kappa shape index (κ3) is 2.19. The molecule has 1 amide bonds. The predicted molar refractivity (Wildman–Crippen MR) is 78.5 cm³/mol. The summed E-state index contributed by atoms with van der Waals surface area (Å²) in [6.07, 6.45) is 0. The first-order valence-corrected chi connectivity index (χ1v) is 6.81. The van der Waals surface area contributed by atoms with Gasteiger partial charge >= 0.3 is 0 Å². The van der Waals surface area contributed by atoms with Crippen LogP contribution >= 0.6 is 11.6 Å². The molecule has 1 aromatic heterocycles. The highest BCUT2D eigenvalue weighted by molar-refractivity contribution is 6.52. The quantitative estimate of drug-likeness (QED) is 0.799. The normalized spacial score (nSPS) is 13.8. The monoisotopic (exact) mass is 301 g/mol. The maximum atomic E-state index is 12.2. The number of halogens is 1. The smallest absolute Gasteiger partial charge is 0.298 e. The minimum Gasteiger partial charge on any atom is -0.298 e. The zero-order valence-corrected chi connectivity index (χ0v) is 12.3. The van der Waals surface area contributed by atoms with Crippen LogP contribution in [-0.2, 0) is 11.3 Å².